The number of hydrogen-bond acceptors (Lipinski definition) is 6. The fraction of sp³-hybridized carbons (Fsp3) is 0.910. The van der Waals surface area contributed by atoms with Crippen LogP contribution in [0.15, 0.2) is 24.3 Å². The summed E-state index contributed by atoms with van der Waals surface area (Å²) in [5.74, 6) is -0.317. The number of ether oxygens (including phenoxy) is 2. The molecule has 0 spiro atoms. The molecule has 0 aromatic carbocycles. The van der Waals surface area contributed by atoms with Crippen LogP contribution in [0.2, 0.25) is 0 Å². The van der Waals surface area contributed by atoms with Gasteiger partial charge in [-0.05, 0) is 89.9 Å². The predicted molar refractivity (Wildman–Crippen MR) is 324 cm³/mol. The molecule has 0 rings (SSSR count). The van der Waals surface area contributed by atoms with Crippen molar-refractivity contribution in [3.05, 3.63) is 24.3 Å². The maximum absolute atomic E-state index is 12.3. The van der Waals surface area contributed by atoms with Crippen molar-refractivity contribution < 1.29 is 38.2 Å². The van der Waals surface area contributed by atoms with Crippen molar-refractivity contribution in [3.8, 4) is 0 Å². The highest BCUT2D eigenvalue weighted by Crippen LogP contribution is 2.25. The lowest BCUT2D eigenvalue weighted by Crippen LogP contribution is -2.54. The second kappa shape index (κ2) is 52.9. The van der Waals surface area contributed by atoms with Crippen LogP contribution in [-0.2, 0) is 19.1 Å². The zero-order valence-electron chi connectivity index (χ0n) is 51.7. The zero-order valence-corrected chi connectivity index (χ0v) is 51.7. The summed E-state index contributed by atoms with van der Waals surface area (Å²) < 4.78 is 12.6. The van der Waals surface area contributed by atoms with Gasteiger partial charge in [-0.2, -0.15) is 0 Å². The topological polar surface area (TPSA) is 93.1 Å². The molecule has 8 heteroatoms. The summed E-state index contributed by atoms with van der Waals surface area (Å²) >= 11 is 0. The van der Waals surface area contributed by atoms with E-state index in [-0.39, 0.29) is 36.2 Å². The maximum atomic E-state index is 12.3. The SMILES string of the molecule is CCCCCCCCCCCC[N+](C)(C)C(CCCCC)C(O)C/C=C/CCCCCCCC(=O)OCCCOC(=O)CCCCCCC/C=C/CC(O)C(CCCCC)[N+](C)(C)CCCCCCCCCCCC. The number of carbonyl (C=O) groups is 2. The molecule has 4 unspecified atom stereocenters. The number of hydrogen-bond donors (Lipinski definition) is 2. The fourth-order valence-electron chi connectivity index (χ4n) is 11.3. The van der Waals surface area contributed by atoms with E-state index in [1.165, 1.54) is 167 Å². The first-order valence-corrected chi connectivity index (χ1v) is 33.0. The molecular formula is C67H132N2O6+2. The number of quaternary nitrogens is 2. The molecule has 0 heterocycles. The molecule has 0 radical (unpaired) electrons. The van der Waals surface area contributed by atoms with Crippen molar-refractivity contribution in [2.45, 2.75) is 341 Å². The Morgan fingerprint density at radius 1 is 0.360 bits per heavy atom. The number of unbranched alkanes of at least 4 members (excludes halogenated alkanes) is 32. The lowest BCUT2D eigenvalue weighted by molar-refractivity contribution is -0.919. The van der Waals surface area contributed by atoms with E-state index in [9.17, 15) is 19.8 Å². The minimum absolute atomic E-state index is 0.158. The Morgan fingerprint density at radius 2 is 0.640 bits per heavy atom. The summed E-state index contributed by atoms with van der Waals surface area (Å²) in [6, 6.07) is 0.579. The van der Waals surface area contributed by atoms with Gasteiger partial charge < -0.3 is 28.7 Å². The largest absolute Gasteiger partial charge is 0.466 e. The number of carbonyl (C=O) groups excluding carboxylic acids is 2. The van der Waals surface area contributed by atoms with Crippen LogP contribution in [0, 0.1) is 0 Å². The number of esters is 2. The van der Waals surface area contributed by atoms with Gasteiger partial charge in [0.05, 0.1) is 54.5 Å². The van der Waals surface area contributed by atoms with E-state index in [4.69, 9.17) is 9.47 Å². The van der Waals surface area contributed by atoms with E-state index >= 15 is 0 Å². The van der Waals surface area contributed by atoms with Gasteiger partial charge in [-0.25, -0.2) is 0 Å². The fourth-order valence-corrected chi connectivity index (χ4v) is 11.3. The molecule has 2 N–H and O–H groups in total. The maximum Gasteiger partial charge on any atom is 0.305 e. The van der Waals surface area contributed by atoms with Crippen molar-refractivity contribution in [1.29, 1.82) is 0 Å². The van der Waals surface area contributed by atoms with E-state index in [1.54, 1.807) is 0 Å². The molecule has 444 valence electrons. The number of allylic oxidation sites excluding steroid dienone is 2. The first kappa shape index (κ1) is 73.3. The number of nitrogens with zero attached hydrogens (tertiary/aromatic N) is 2. The van der Waals surface area contributed by atoms with Gasteiger partial charge in [-0.3, -0.25) is 9.59 Å². The highest BCUT2D eigenvalue weighted by molar-refractivity contribution is 5.69. The van der Waals surface area contributed by atoms with E-state index in [0.717, 1.165) is 125 Å². The minimum Gasteiger partial charge on any atom is -0.466 e. The Bertz CT molecular complexity index is 1200. The summed E-state index contributed by atoms with van der Waals surface area (Å²) in [6.07, 6.45) is 60.6. The summed E-state index contributed by atoms with van der Waals surface area (Å²) in [5, 5.41) is 22.7. The summed E-state index contributed by atoms with van der Waals surface area (Å²) in [4.78, 5) is 24.5. The first-order chi connectivity index (χ1) is 36.4. The van der Waals surface area contributed by atoms with Gasteiger partial charge in [0.2, 0.25) is 0 Å². The third-order valence-electron chi connectivity index (χ3n) is 16.5. The Balaban J connectivity index is 4.06. The third-order valence-corrected chi connectivity index (χ3v) is 16.5. The van der Waals surface area contributed by atoms with Gasteiger partial charge in [-0.15, -0.1) is 0 Å². The molecule has 8 nitrogen and oxygen atoms in total. The van der Waals surface area contributed by atoms with E-state index in [0.29, 0.717) is 32.5 Å². The Morgan fingerprint density at radius 3 is 0.973 bits per heavy atom. The van der Waals surface area contributed by atoms with Crippen molar-refractivity contribution >= 4 is 11.9 Å². The van der Waals surface area contributed by atoms with Gasteiger partial charge >= 0.3 is 11.9 Å². The molecule has 0 aromatic rings. The van der Waals surface area contributed by atoms with Crippen LogP contribution in [0.1, 0.15) is 317 Å². The van der Waals surface area contributed by atoms with E-state index in [1.807, 2.05) is 0 Å². The number of likely N-dealkylation sites (N-methyl/N-ethyl adjacent to an activating group) is 2. The molecule has 0 aliphatic heterocycles. The minimum atomic E-state index is -0.297. The average molecular weight is 1060 g/mol. The number of aliphatic hydroxyl groups is 2. The molecule has 0 saturated heterocycles. The third kappa shape index (κ3) is 45.8. The van der Waals surface area contributed by atoms with Crippen molar-refractivity contribution in [1.82, 2.24) is 0 Å². The molecule has 0 fully saturated rings. The van der Waals surface area contributed by atoms with E-state index < -0.39 is 0 Å². The van der Waals surface area contributed by atoms with Gasteiger partial charge in [0.25, 0.3) is 0 Å². The van der Waals surface area contributed by atoms with Gasteiger partial charge in [0.1, 0.15) is 24.3 Å². The van der Waals surface area contributed by atoms with Crippen molar-refractivity contribution in [2.75, 3.05) is 54.5 Å². The van der Waals surface area contributed by atoms with Crippen molar-refractivity contribution in [3.63, 3.8) is 0 Å². The highest BCUT2D eigenvalue weighted by Gasteiger charge is 2.34. The highest BCUT2D eigenvalue weighted by atomic mass is 16.5. The van der Waals surface area contributed by atoms with Crippen LogP contribution in [0.4, 0.5) is 0 Å². The first-order valence-electron chi connectivity index (χ1n) is 33.0. The molecule has 75 heavy (non-hydrogen) atoms. The van der Waals surface area contributed by atoms with Crippen LogP contribution in [0.3, 0.4) is 0 Å². The standard InChI is InChI=1S/C67H132N2O6/c1-9-13-17-19-21-23-29-35-41-49-58-68(5,6)62(52-43-15-11-3)64(70)54-45-37-31-25-27-33-39-47-56-66(72)74-60-51-61-75-67(73)57-48-40-34-28-26-32-38-46-55-65(71)63(53-44-16-12-4)69(7,8)59-50-42-36-30-24-22-20-18-14-10-2/h37-38,45-46,62-65,70-71H,9-36,39-44,47-61H2,1-8H3/q+2/b45-37+,46-38+. The monoisotopic (exact) mass is 1060 g/mol. The molecule has 4 atom stereocenters. The normalized spacial score (nSPS) is 14.0. The molecule has 0 saturated carbocycles. The average Bonchev–Trinajstić information content (AvgIpc) is 3.38. The van der Waals surface area contributed by atoms with Gasteiger partial charge in [0.15, 0.2) is 0 Å². The summed E-state index contributed by atoms with van der Waals surface area (Å²) in [7, 11) is 9.38. The Hall–Kier alpha value is -1.74. The molecule has 0 aliphatic carbocycles. The van der Waals surface area contributed by atoms with Crippen LogP contribution < -0.4 is 0 Å². The quantitative estimate of drug-likeness (QED) is 0.0273. The van der Waals surface area contributed by atoms with Crippen molar-refractivity contribution in [2.24, 2.45) is 0 Å². The molecular weight excluding hydrogens is 929 g/mol. The Kier molecular flexibility index (Phi) is 51.7. The lowest BCUT2D eigenvalue weighted by atomic mass is 9.96. The lowest BCUT2D eigenvalue weighted by Gasteiger charge is -2.41. The second-order valence-electron chi connectivity index (χ2n) is 24.5. The second-order valence-corrected chi connectivity index (χ2v) is 24.5. The number of aliphatic hydroxyl groups excluding tert-OH is 2. The zero-order chi connectivity index (χ0) is 55.4. The van der Waals surface area contributed by atoms with Gasteiger partial charge in [0, 0.05) is 32.1 Å². The smallest absolute Gasteiger partial charge is 0.305 e. The molecule has 0 amide bonds. The Labute approximate surface area is 468 Å². The summed E-state index contributed by atoms with van der Waals surface area (Å²) in [6.45, 7) is 12.0. The number of rotatable bonds is 58. The predicted octanol–water partition coefficient (Wildman–Crippen LogP) is 18.4. The molecule has 0 aromatic heterocycles. The van der Waals surface area contributed by atoms with Crippen LogP contribution in [0.5, 0.6) is 0 Å². The van der Waals surface area contributed by atoms with Gasteiger partial charge in [-0.1, -0.05) is 219 Å². The van der Waals surface area contributed by atoms with Crippen LogP contribution in [-0.4, -0.2) is 110 Å². The summed E-state index contributed by atoms with van der Waals surface area (Å²) in [5.41, 5.74) is 0. The van der Waals surface area contributed by atoms with E-state index in [2.05, 4.69) is 80.2 Å². The molecule has 0 aliphatic rings. The molecule has 0 bridgehead atoms. The van der Waals surface area contributed by atoms with Crippen LogP contribution in [0.25, 0.3) is 0 Å². The van der Waals surface area contributed by atoms with Crippen LogP contribution >= 0.6 is 0 Å².